The molecule has 70 valence electrons. The number of carboxylic acids is 1. The number of nitrogens with one attached hydrogen (secondary N) is 1. The molecule has 2 rings (SSSR count). The number of hydrogen-bond donors (Lipinski definition) is 2. The number of fused-ring (bicyclic) bond motifs is 1. The summed E-state index contributed by atoms with van der Waals surface area (Å²) in [5.41, 5.74) is 2.65. The average Bonchev–Trinajstić information content (AvgIpc) is 2.45. The van der Waals surface area contributed by atoms with Gasteiger partial charge >= 0.3 is 5.97 Å². The molecule has 0 aromatic carbocycles. The highest BCUT2D eigenvalue weighted by Gasteiger charge is 2.18. The topological polar surface area (TPSA) is 54.3 Å². The van der Waals surface area contributed by atoms with E-state index in [9.17, 15) is 4.79 Å². The minimum absolute atomic E-state index is 0.383. The Hall–Kier alpha value is -1.29. The number of hydrogen-bond acceptors (Lipinski definition) is 2. The molecule has 0 amide bonds. The van der Waals surface area contributed by atoms with Crippen LogP contribution in [0.5, 0.6) is 0 Å². The molecular weight excluding hydrogens is 168 g/mol. The quantitative estimate of drug-likeness (QED) is 0.656. The third-order valence-electron chi connectivity index (χ3n) is 2.52. The first-order valence-corrected chi connectivity index (χ1v) is 4.31. The number of carbonyl (C=O) groups is 1. The zero-order chi connectivity index (χ0) is 9.42. The van der Waals surface area contributed by atoms with Crippen molar-refractivity contribution in [1.82, 2.24) is 9.88 Å². The molecule has 2 heterocycles. The molecule has 13 heavy (non-hydrogen) atoms. The standard InChI is InChI=1S/C9H12N2O2/c1-11-7-2-3-10-5-6(7)4-8(11)9(12)13/h4,10H,2-3,5H2,1H3,(H,12,13). The van der Waals surface area contributed by atoms with Crippen LogP contribution in [-0.2, 0) is 20.0 Å². The predicted octanol–water partition coefficient (Wildman–Crippen LogP) is 0.369. The highest BCUT2D eigenvalue weighted by molar-refractivity contribution is 5.86. The van der Waals surface area contributed by atoms with Gasteiger partial charge in [-0.15, -0.1) is 0 Å². The average molecular weight is 180 g/mol. The van der Waals surface area contributed by atoms with E-state index in [1.807, 2.05) is 7.05 Å². The lowest BCUT2D eigenvalue weighted by atomic mass is 10.1. The van der Waals surface area contributed by atoms with Crippen molar-refractivity contribution < 1.29 is 9.90 Å². The van der Waals surface area contributed by atoms with Crippen molar-refractivity contribution in [2.24, 2.45) is 7.05 Å². The smallest absolute Gasteiger partial charge is 0.352 e. The molecule has 1 aliphatic rings. The van der Waals surface area contributed by atoms with Gasteiger partial charge < -0.3 is 15.0 Å². The highest BCUT2D eigenvalue weighted by Crippen LogP contribution is 2.18. The largest absolute Gasteiger partial charge is 0.477 e. The summed E-state index contributed by atoms with van der Waals surface area (Å²) in [5, 5.41) is 12.1. The molecule has 4 nitrogen and oxygen atoms in total. The Morgan fingerprint density at radius 3 is 3.08 bits per heavy atom. The molecule has 4 heteroatoms. The van der Waals surface area contributed by atoms with Crippen molar-refractivity contribution in [3.63, 3.8) is 0 Å². The minimum Gasteiger partial charge on any atom is -0.477 e. The summed E-state index contributed by atoms with van der Waals surface area (Å²) in [6.07, 6.45) is 0.916. The molecule has 0 saturated heterocycles. The molecule has 0 saturated carbocycles. The Kier molecular flexibility index (Phi) is 1.84. The lowest BCUT2D eigenvalue weighted by Crippen LogP contribution is -2.24. The fourth-order valence-corrected chi connectivity index (χ4v) is 1.82. The Labute approximate surface area is 76.2 Å². The Morgan fingerprint density at radius 1 is 1.69 bits per heavy atom. The van der Waals surface area contributed by atoms with Gasteiger partial charge in [0.25, 0.3) is 0 Å². The van der Waals surface area contributed by atoms with Gasteiger partial charge in [0.05, 0.1) is 0 Å². The summed E-state index contributed by atoms with van der Waals surface area (Å²) >= 11 is 0. The SMILES string of the molecule is Cn1c(C(=O)O)cc2c1CCNC2. The molecule has 0 radical (unpaired) electrons. The van der Waals surface area contributed by atoms with E-state index in [0.29, 0.717) is 5.69 Å². The fourth-order valence-electron chi connectivity index (χ4n) is 1.82. The summed E-state index contributed by atoms with van der Waals surface area (Å²) in [6, 6.07) is 1.75. The zero-order valence-electron chi connectivity index (χ0n) is 7.50. The molecule has 0 unspecified atom stereocenters. The van der Waals surface area contributed by atoms with E-state index in [1.165, 1.54) is 0 Å². The van der Waals surface area contributed by atoms with Gasteiger partial charge in [0, 0.05) is 32.3 Å². The van der Waals surface area contributed by atoms with Crippen molar-refractivity contribution in [2.45, 2.75) is 13.0 Å². The maximum absolute atomic E-state index is 10.8. The minimum atomic E-state index is -0.850. The van der Waals surface area contributed by atoms with Gasteiger partial charge in [0.15, 0.2) is 0 Å². The third-order valence-corrected chi connectivity index (χ3v) is 2.52. The van der Waals surface area contributed by atoms with Gasteiger partial charge in [-0.1, -0.05) is 0 Å². The van der Waals surface area contributed by atoms with Gasteiger partial charge in [0.1, 0.15) is 5.69 Å². The van der Waals surface area contributed by atoms with E-state index in [0.717, 1.165) is 30.8 Å². The van der Waals surface area contributed by atoms with Crippen LogP contribution in [0.2, 0.25) is 0 Å². The molecule has 0 fully saturated rings. The maximum atomic E-state index is 10.8. The monoisotopic (exact) mass is 180 g/mol. The van der Waals surface area contributed by atoms with Gasteiger partial charge in [-0.2, -0.15) is 0 Å². The number of aromatic carboxylic acids is 1. The van der Waals surface area contributed by atoms with Crippen LogP contribution in [0.4, 0.5) is 0 Å². The van der Waals surface area contributed by atoms with Crippen molar-refractivity contribution in [3.05, 3.63) is 23.0 Å². The molecular formula is C9H12N2O2. The van der Waals surface area contributed by atoms with E-state index in [4.69, 9.17) is 5.11 Å². The molecule has 0 atom stereocenters. The van der Waals surface area contributed by atoms with E-state index in [2.05, 4.69) is 5.32 Å². The van der Waals surface area contributed by atoms with Crippen LogP contribution >= 0.6 is 0 Å². The van der Waals surface area contributed by atoms with Crippen molar-refractivity contribution >= 4 is 5.97 Å². The van der Waals surface area contributed by atoms with Gasteiger partial charge in [0.2, 0.25) is 0 Å². The number of rotatable bonds is 1. The van der Waals surface area contributed by atoms with Crippen molar-refractivity contribution in [2.75, 3.05) is 6.54 Å². The Bertz CT molecular complexity index is 355. The predicted molar refractivity (Wildman–Crippen MR) is 47.8 cm³/mol. The normalized spacial score (nSPS) is 15.5. The van der Waals surface area contributed by atoms with Gasteiger partial charge in [-0.25, -0.2) is 4.79 Å². The van der Waals surface area contributed by atoms with E-state index < -0.39 is 5.97 Å². The van der Waals surface area contributed by atoms with E-state index in [1.54, 1.807) is 10.6 Å². The summed E-state index contributed by atoms with van der Waals surface area (Å²) < 4.78 is 1.78. The molecule has 1 aromatic heterocycles. The van der Waals surface area contributed by atoms with E-state index >= 15 is 0 Å². The molecule has 0 bridgehead atoms. The first-order valence-electron chi connectivity index (χ1n) is 4.31. The van der Waals surface area contributed by atoms with Crippen molar-refractivity contribution in [1.29, 1.82) is 0 Å². The maximum Gasteiger partial charge on any atom is 0.352 e. The first-order chi connectivity index (χ1) is 6.20. The van der Waals surface area contributed by atoms with Gasteiger partial charge in [-0.05, 0) is 11.6 Å². The Balaban J connectivity index is 2.50. The number of nitrogens with zero attached hydrogens (tertiary/aromatic N) is 1. The van der Waals surface area contributed by atoms with Crippen LogP contribution in [0.3, 0.4) is 0 Å². The summed E-state index contributed by atoms with van der Waals surface area (Å²) in [7, 11) is 1.81. The van der Waals surface area contributed by atoms with Crippen LogP contribution in [-0.4, -0.2) is 22.2 Å². The molecule has 0 spiro atoms. The number of carboxylic acid groups (broad SMARTS) is 1. The van der Waals surface area contributed by atoms with Gasteiger partial charge in [-0.3, -0.25) is 0 Å². The first kappa shape index (κ1) is 8.31. The lowest BCUT2D eigenvalue weighted by Gasteiger charge is -2.14. The highest BCUT2D eigenvalue weighted by atomic mass is 16.4. The zero-order valence-corrected chi connectivity index (χ0v) is 7.50. The van der Waals surface area contributed by atoms with E-state index in [-0.39, 0.29) is 0 Å². The number of aromatic nitrogens is 1. The Morgan fingerprint density at radius 2 is 2.46 bits per heavy atom. The van der Waals surface area contributed by atoms with Crippen molar-refractivity contribution in [3.8, 4) is 0 Å². The van der Waals surface area contributed by atoms with Crippen LogP contribution in [0.15, 0.2) is 6.07 Å². The lowest BCUT2D eigenvalue weighted by molar-refractivity contribution is 0.0686. The van der Waals surface area contributed by atoms with Crippen LogP contribution in [0.1, 0.15) is 21.7 Å². The second-order valence-electron chi connectivity index (χ2n) is 3.29. The third kappa shape index (κ3) is 1.23. The molecule has 1 aliphatic heterocycles. The summed E-state index contributed by atoms with van der Waals surface area (Å²) in [5.74, 6) is -0.850. The summed E-state index contributed by atoms with van der Waals surface area (Å²) in [4.78, 5) is 10.8. The molecule has 0 aliphatic carbocycles. The van der Waals surface area contributed by atoms with Crippen LogP contribution in [0.25, 0.3) is 0 Å². The second kappa shape index (κ2) is 2.88. The summed E-state index contributed by atoms with van der Waals surface area (Å²) in [6.45, 7) is 1.72. The van der Waals surface area contributed by atoms with Crippen LogP contribution < -0.4 is 5.32 Å². The molecule has 2 N–H and O–H groups in total. The van der Waals surface area contributed by atoms with Crippen LogP contribution in [0, 0.1) is 0 Å². The molecule has 1 aromatic rings. The second-order valence-corrected chi connectivity index (χ2v) is 3.29. The fraction of sp³-hybridized carbons (Fsp3) is 0.444.